The van der Waals surface area contributed by atoms with Crippen LogP contribution in [0.2, 0.25) is 0 Å². The number of hydrogen-bond donors (Lipinski definition) is 2. The van der Waals surface area contributed by atoms with Gasteiger partial charge in [-0.3, -0.25) is 9.79 Å². The Hall–Kier alpha value is -2.62. The number of nitrogens with zero attached hydrogens (tertiary/aromatic N) is 1. The van der Waals surface area contributed by atoms with Gasteiger partial charge in [-0.2, -0.15) is 0 Å². The lowest BCUT2D eigenvalue weighted by molar-refractivity contribution is -0.118. The molecule has 3 N–H and O–H groups in total. The number of carbonyl (C=O) groups is 1. The molecule has 4 heteroatoms. The molecular weight excluding hydrogens is 288 g/mol. The van der Waals surface area contributed by atoms with Gasteiger partial charge in [0.15, 0.2) is 0 Å². The second-order valence-electron chi connectivity index (χ2n) is 5.17. The molecule has 1 amide bonds. The predicted octanol–water partition coefficient (Wildman–Crippen LogP) is 3.55. The number of primary amides is 1. The minimum atomic E-state index is -0.297. The Morgan fingerprint density at radius 3 is 2.83 bits per heavy atom. The molecular formula is C19H24N2O2. The number of aliphatic imine (C=N–C) groups is 1. The van der Waals surface area contributed by atoms with Crippen LogP contribution in [0.4, 0.5) is 0 Å². The Kier molecular flexibility index (Phi) is 8.14. The van der Waals surface area contributed by atoms with E-state index in [1.54, 1.807) is 18.3 Å². The highest BCUT2D eigenvalue weighted by atomic mass is 16.3. The normalized spacial score (nSPS) is 12.7. The van der Waals surface area contributed by atoms with E-state index in [1.807, 2.05) is 50.3 Å². The first-order valence-electron chi connectivity index (χ1n) is 7.61. The summed E-state index contributed by atoms with van der Waals surface area (Å²) >= 11 is 0. The standard InChI is InChI=1S/C19H24N2O2/c1-3-5-16(11-13-21-12-4-6-19(20)23)8-9-17-14-18(22)10-7-15(17)2/h3,5,7-11,13-14,22H,4,6,12H2,1-2H3,(H2,20,23)/b5-3-,9-8+,16-11+,21-13?. The van der Waals surface area contributed by atoms with Crippen LogP contribution in [0.5, 0.6) is 5.75 Å². The molecule has 0 fully saturated rings. The summed E-state index contributed by atoms with van der Waals surface area (Å²) in [6.45, 7) is 4.53. The van der Waals surface area contributed by atoms with Crippen molar-refractivity contribution in [1.29, 1.82) is 0 Å². The average Bonchev–Trinajstić information content (AvgIpc) is 2.50. The van der Waals surface area contributed by atoms with Crippen LogP contribution < -0.4 is 5.73 Å². The highest BCUT2D eigenvalue weighted by molar-refractivity contribution is 5.75. The van der Waals surface area contributed by atoms with E-state index in [9.17, 15) is 9.90 Å². The quantitative estimate of drug-likeness (QED) is 0.437. The first kappa shape index (κ1) is 18.4. The number of nitrogens with two attached hydrogens (primary N) is 1. The van der Waals surface area contributed by atoms with Crippen molar-refractivity contribution in [3.8, 4) is 5.75 Å². The smallest absolute Gasteiger partial charge is 0.217 e. The first-order valence-corrected chi connectivity index (χ1v) is 7.61. The van der Waals surface area contributed by atoms with Crippen LogP contribution in [0.25, 0.3) is 6.08 Å². The number of aryl methyl sites for hydroxylation is 1. The first-order chi connectivity index (χ1) is 11.0. The molecule has 4 nitrogen and oxygen atoms in total. The van der Waals surface area contributed by atoms with E-state index >= 15 is 0 Å². The third kappa shape index (κ3) is 7.81. The second kappa shape index (κ2) is 10.2. The van der Waals surface area contributed by atoms with Gasteiger partial charge in [-0.15, -0.1) is 0 Å². The Morgan fingerprint density at radius 1 is 1.35 bits per heavy atom. The van der Waals surface area contributed by atoms with Gasteiger partial charge >= 0.3 is 0 Å². The molecule has 1 aromatic carbocycles. The van der Waals surface area contributed by atoms with Crippen LogP contribution in [0, 0.1) is 6.92 Å². The number of rotatable bonds is 8. The van der Waals surface area contributed by atoms with Crippen molar-refractivity contribution < 1.29 is 9.90 Å². The third-order valence-corrected chi connectivity index (χ3v) is 3.16. The van der Waals surface area contributed by atoms with Gasteiger partial charge in [-0.25, -0.2) is 0 Å². The lowest BCUT2D eigenvalue weighted by Crippen LogP contribution is -2.10. The van der Waals surface area contributed by atoms with E-state index in [0.717, 1.165) is 16.7 Å². The molecule has 0 unspecified atom stereocenters. The predicted molar refractivity (Wildman–Crippen MR) is 96.6 cm³/mol. The van der Waals surface area contributed by atoms with Gasteiger partial charge in [0, 0.05) is 19.2 Å². The number of phenolic OH excluding ortho intramolecular Hbond substituents is 1. The van der Waals surface area contributed by atoms with Crippen molar-refractivity contribution in [3.05, 3.63) is 59.2 Å². The number of hydrogen-bond acceptors (Lipinski definition) is 3. The van der Waals surface area contributed by atoms with E-state index in [2.05, 4.69) is 4.99 Å². The van der Waals surface area contributed by atoms with Crippen molar-refractivity contribution >= 4 is 18.2 Å². The van der Waals surface area contributed by atoms with Gasteiger partial charge in [0.25, 0.3) is 0 Å². The molecule has 122 valence electrons. The lowest BCUT2D eigenvalue weighted by atomic mass is 10.1. The number of allylic oxidation sites excluding steroid dienone is 5. The van der Waals surface area contributed by atoms with E-state index in [-0.39, 0.29) is 11.7 Å². The van der Waals surface area contributed by atoms with Crippen LogP contribution >= 0.6 is 0 Å². The van der Waals surface area contributed by atoms with Crippen molar-refractivity contribution in [2.24, 2.45) is 10.7 Å². The number of carbonyl (C=O) groups excluding carboxylic acids is 1. The minimum absolute atomic E-state index is 0.253. The summed E-state index contributed by atoms with van der Waals surface area (Å²) in [5.41, 5.74) is 8.14. The van der Waals surface area contributed by atoms with Crippen molar-refractivity contribution in [2.75, 3.05) is 6.54 Å². The number of phenols is 1. The molecule has 0 spiro atoms. The fourth-order valence-corrected chi connectivity index (χ4v) is 1.91. The maximum Gasteiger partial charge on any atom is 0.217 e. The molecule has 0 aliphatic rings. The van der Waals surface area contributed by atoms with Crippen molar-refractivity contribution in [2.45, 2.75) is 26.7 Å². The van der Waals surface area contributed by atoms with Crippen LogP contribution in [0.1, 0.15) is 30.9 Å². The summed E-state index contributed by atoms with van der Waals surface area (Å²) in [6.07, 6.45) is 12.5. The molecule has 0 saturated carbocycles. The monoisotopic (exact) mass is 312 g/mol. The summed E-state index contributed by atoms with van der Waals surface area (Å²) in [4.78, 5) is 14.9. The summed E-state index contributed by atoms with van der Waals surface area (Å²) < 4.78 is 0. The van der Waals surface area contributed by atoms with Gasteiger partial charge in [-0.1, -0.05) is 30.4 Å². The molecule has 0 aliphatic heterocycles. The molecule has 0 aliphatic carbocycles. The zero-order chi connectivity index (χ0) is 17.1. The van der Waals surface area contributed by atoms with Gasteiger partial charge in [0.1, 0.15) is 5.75 Å². The summed E-state index contributed by atoms with van der Waals surface area (Å²) in [5.74, 6) is -0.0439. The zero-order valence-corrected chi connectivity index (χ0v) is 13.7. The lowest BCUT2D eigenvalue weighted by Gasteiger charge is -2.01. The molecule has 0 atom stereocenters. The van der Waals surface area contributed by atoms with Crippen molar-refractivity contribution in [3.63, 3.8) is 0 Å². The highest BCUT2D eigenvalue weighted by Gasteiger charge is 1.96. The molecule has 0 heterocycles. The highest BCUT2D eigenvalue weighted by Crippen LogP contribution is 2.18. The van der Waals surface area contributed by atoms with Gasteiger partial charge in [0.05, 0.1) is 0 Å². The fourth-order valence-electron chi connectivity index (χ4n) is 1.91. The minimum Gasteiger partial charge on any atom is -0.508 e. The Morgan fingerprint density at radius 2 is 2.13 bits per heavy atom. The van der Waals surface area contributed by atoms with Crippen LogP contribution in [0.15, 0.2) is 53.1 Å². The van der Waals surface area contributed by atoms with Crippen LogP contribution in [-0.4, -0.2) is 23.8 Å². The summed E-state index contributed by atoms with van der Waals surface area (Å²) in [7, 11) is 0. The maximum absolute atomic E-state index is 10.6. The number of benzene rings is 1. The Balaban J connectivity index is 2.72. The molecule has 1 rings (SSSR count). The second-order valence-corrected chi connectivity index (χ2v) is 5.17. The largest absolute Gasteiger partial charge is 0.508 e. The van der Waals surface area contributed by atoms with E-state index in [1.165, 1.54) is 0 Å². The van der Waals surface area contributed by atoms with Crippen LogP contribution in [0.3, 0.4) is 0 Å². The van der Waals surface area contributed by atoms with E-state index in [0.29, 0.717) is 19.4 Å². The number of amides is 1. The fraction of sp³-hybridized carbons (Fsp3) is 0.263. The maximum atomic E-state index is 10.6. The van der Waals surface area contributed by atoms with Gasteiger partial charge in [-0.05, 0) is 55.2 Å². The van der Waals surface area contributed by atoms with Gasteiger partial charge < -0.3 is 10.8 Å². The SMILES string of the molecule is C\C=C/C(/C=C/c1cc(O)ccc1C)=C\C=NCCCC(N)=O. The van der Waals surface area contributed by atoms with Gasteiger partial charge in [0.2, 0.25) is 5.91 Å². The molecule has 23 heavy (non-hydrogen) atoms. The zero-order valence-electron chi connectivity index (χ0n) is 13.7. The summed E-state index contributed by atoms with van der Waals surface area (Å²) in [5, 5.41) is 9.55. The Labute approximate surface area is 137 Å². The van der Waals surface area contributed by atoms with Crippen LogP contribution in [-0.2, 0) is 4.79 Å². The molecule has 0 saturated heterocycles. The number of aromatic hydroxyl groups is 1. The third-order valence-electron chi connectivity index (χ3n) is 3.16. The molecule has 0 aromatic heterocycles. The molecule has 0 radical (unpaired) electrons. The molecule has 1 aromatic rings. The Bertz CT molecular complexity index is 641. The van der Waals surface area contributed by atoms with Crippen molar-refractivity contribution in [1.82, 2.24) is 0 Å². The van der Waals surface area contributed by atoms with E-state index in [4.69, 9.17) is 5.73 Å². The topological polar surface area (TPSA) is 75.7 Å². The van der Waals surface area contributed by atoms with E-state index < -0.39 is 0 Å². The average molecular weight is 312 g/mol. The summed E-state index contributed by atoms with van der Waals surface area (Å²) in [6, 6.07) is 5.29. The molecule has 0 bridgehead atoms.